The zero-order valence-electron chi connectivity index (χ0n) is 13.6. The zero-order valence-corrected chi connectivity index (χ0v) is 15.2. The van der Waals surface area contributed by atoms with Gasteiger partial charge in [0.15, 0.2) is 11.5 Å². The van der Waals surface area contributed by atoms with Gasteiger partial charge in [-0.2, -0.15) is 0 Å². The molecule has 1 amide bonds. The summed E-state index contributed by atoms with van der Waals surface area (Å²) in [4.78, 5) is 14.4. The van der Waals surface area contributed by atoms with Crippen LogP contribution in [0.3, 0.4) is 0 Å². The van der Waals surface area contributed by atoms with E-state index in [0.717, 1.165) is 21.5 Å². The Morgan fingerprint density at radius 3 is 2.75 bits per heavy atom. The van der Waals surface area contributed by atoms with Crippen molar-refractivity contribution in [3.8, 4) is 11.5 Å². The van der Waals surface area contributed by atoms with E-state index in [-0.39, 0.29) is 18.7 Å². The number of fused-ring (bicyclic) bond motifs is 1. The quantitative estimate of drug-likeness (QED) is 0.851. The van der Waals surface area contributed by atoms with Crippen molar-refractivity contribution in [3.05, 3.63) is 58.1 Å². The van der Waals surface area contributed by atoms with Gasteiger partial charge < -0.3 is 19.7 Å². The molecule has 0 saturated heterocycles. The van der Waals surface area contributed by atoms with E-state index < -0.39 is 0 Å². The van der Waals surface area contributed by atoms with E-state index in [2.05, 4.69) is 26.1 Å². The minimum atomic E-state index is -0.0936. The molecule has 2 aromatic rings. The molecule has 0 unspecified atom stereocenters. The van der Waals surface area contributed by atoms with Gasteiger partial charge in [0.25, 0.3) is 5.91 Å². The number of ether oxygens (including phenoxy) is 2. The number of halogens is 1. The molecule has 0 saturated carbocycles. The lowest BCUT2D eigenvalue weighted by atomic mass is 10.0. The smallest absolute Gasteiger partial charge is 0.251 e. The van der Waals surface area contributed by atoms with E-state index in [4.69, 9.17) is 9.47 Å². The van der Waals surface area contributed by atoms with Crippen molar-refractivity contribution >= 4 is 21.8 Å². The standard InChI is InChI=1S/C18H19BrN2O3/c1-21(2)15(12-6-7-16-17(9-12)24-11-23-16)10-20-18(22)13-4-3-5-14(19)8-13/h3-9,15H,10-11H2,1-2H3,(H,20,22)/t15-/m0/s1. The van der Waals surface area contributed by atoms with Crippen molar-refractivity contribution in [1.82, 2.24) is 10.2 Å². The number of benzene rings is 2. The van der Waals surface area contributed by atoms with Crippen LogP contribution in [-0.4, -0.2) is 38.2 Å². The minimum absolute atomic E-state index is 0.0376. The monoisotopic (exact) mass is 390 g/mol. The normalized spacial score (nSPS) is 13.8. The maximum absolute atomic E-state index is 12.3. The van der Waals surface area contributed by atoms with Gasteiger partial charge >= 0.3 is 0 Å². The van der Waals surface area contributed by atoms with E-state index in [0.29, 0.717) is 12.1 Å². The number of hydrogen-bond donors (Lipinski definition) is 1. The summed E-state index contributed by atoms with van der Waals surface area (Å²) in [6.45, 7) is 0.753. The van der Waals surface area contributed by atoms with Crippen molar-refractivity contribution in [2.75, 3.05) is 27.4 Å². The molecule has 0 bridgehead atoms. The molecule has 5 nitrogen and oxygen atoms in total. The second kappa shape index (κ2) is 7.23. The highest BCUT2D eigenvalue weighted by atomic mass is 79.9. The molecular weight excluding hydrogens is 372 g/mol. The largest absolute Gasteiger partial charge is 0.454 e. The fourth-order valence-electron chi connectivity index (χ4n) is 2.64. The van der Waals surface area contributed by atoms with Crippen molar-refractivity contribution < 1.29 is 14.3 Å². The number of amides is 1. The van der Waals surface area contributed by atoms with Gasteiger partial charge in [-0.15, -0.1) is 0 Å². The molecular formula is C18H19BrN2O3. The first kappa shape index (κ1) is 16.8. The first-order valence-electron chi connectivity index (χ1n) is 7.64. The molecule has 0 fully saturated rings. The summed E-state index contributed by atoms with van der Waals surface area (Å²) < 4.78 is 11.7. The van der Waals surface area contributed by atoms with E-state index in [1.165, 1.54) is 0 Å². The van der Waals surface area contributed by atoms with Crippen LogP contribution in [0.4, 0.5) is 0 Å². The van der Waals surface area contributed by atoms with E-state index in [1.54, 1.807) is 12.1 Å². The highest BCUT2D eigenvalue weighted by molar-refractivity contribution is 9.10. The summed E-state index contributed by atoms with van der Waals surface area (Å²) in [7, 11) is 3.97. The van der Waals surface area contributed by atoms with Gasteiger partial charge in [0.2, 0.25) is 6.79 Å². The summed E-state index contributed by atoms with van der Waals surface area (Å²) in [5.41, 5.74) is 1.70. The zero-order chi connectivity index (χ0) is 17.1. The van der Waals surface area contributed by atoms with E-state index in [1.807, 2.05) is 44.4 Å². The summed E-state index contributed by atoms with van der Waals surface area (Å²) in [6, 6.07) is 13.3. The van der Waals surface area contributed by atoms with E-state index in [9.17, 15) is 4.79 Å². The van der Waals surface area contributed by atoms with Crippen LogP contribution in [0.1, 0.15) is 22.0 Å². The molecule has 1 aliphatic heterocycles. The Morgan fingerprint density at radius 2 is 2.00 bits per heavy atom. The van der Waals surface area contributed by atoms with Gasteiger partial charge in [-0.1, -0.05) is 28.1 Å². The predicted molar refractivity (Wildman–Crippen MR) is 95.5 cm³/mol. The molecule has 1 N–H and O–H groups in total. The van der Waals surface area contributed by atoms with Crippen LogP contribution in [0.5, 0.6) is 11.5 Å². The maximum atomic E-state index is 12.3. The van der Waals surface area contributed by atoms with Gasteiger partial charge in [-0.05, 0) is 50.0 Å². The number of nitrogens with zero attached hydrogens (tertiary/aromatic N) is 1. The Bertz CT molecular complexity index is 749. The minimum Gasteiger partial charge on any atom is -0.454 e. The predicted octanol–water partition coefficient (Wildman–Crippen LogP) is 3.21. The van der Waals surface area contributed by atoms with Crippen molar-refractivity contribution in [3.63, 3.8) is 0 Å². The van der Waals surface area contributed by atoms with Crippen molar-refractivity contribution in [2.24, 2.45) is 0 Å². The summed E-state index contributed by atoms with van der Waals surface area (Å²) in [5.74, 6) is 1.41. The molecule has 0 spiro atoms. The van der Waals surface area contributed by atoms with Crippen molar-refractivity contribution in [1.29, 1.82) is 0 Å². The lowest BCUT2D eigenvalue weighted by Gasteiger charge is -2.25. The topological polar surface area (TPSA) is 50.8 Å². The molecule has 2 aromatic carbocycles. The lowest BCUT2D eigenvalue weighted by molar-refractivity contribution is 0.0942. The highest BCUT2D eigenvalue weighted by Crippen LogP contribution is 2.34. The lowest BCUT2D eigenvalue weighted by Crippen LogP contribution is -2.34. The Labute approximate surface area is 149 Å². The molecule has 0 aromatic heterocycles. The Morgan fingerprint density at radius 1 is 1.21 bits per heavy atom. The average molecular weight is 391 g/mol. The molecule has 3 rings (SSSR count). The third kappa shape index (κ3) is 3.71. The molecule has 1 heterocycles. The van der Waals surface area contributed by atoms with Crippen LogP contribution in [0.2, 0.25) is 0 Å². The van der Waals surface area contributed by atoms with Gasteiger partial charge in [-0.3, -0.25) is 4.79 Å². The van der Waals surface area contributed by atoms with E-state index >= 15 is 0 Å². The third-order valence-corrected chi connectivity index (χ3v) is 4.44. The number of rotatable bonds is 5. The number of nitrogens with one attached hydrogen (secondary N) is 1. The molecule has 1 aliphatic rings. The Kier molecular flexibility index (Phi) is 5.06. The number of likely N-dealkylation sites (N-methyl/N-ethyl adjacent to an activating group) is 1. The molecule has 126 valence electrons. The molecule has 1 atom stereocenters. The first-order chi connectivity index (χ1) is 11.5. The molecule has 0 radical (unpaired) electrons. The molecule has 24 heavy (non-hydrogen) atoms. The Hall–Kier alpha value is -2.05. The van der Waals surface area contributed by atoms with Crippen LogP contribution in [0.25, 0.3) is 0 Å². The average Bonchev–Trinajstić information content (AvgIpc) is 3.02. The number of hydrogen-bond acceptors (Lipinski definition) is 4. The van der Waals surface area contributed by atoms with Crippen LogP contribution < -0.4 is 14.8 Å². The summed E-state index contributed by atoms with van der Waals surface area (Å²) >= 11 is 3.39. The number of carbonyl (C=O) groups excluding carboxylic acids is 1. The first-order valence-corrected chi connectivity index (χ1v) is 8.43. The highest BCUT2D eigenvalue weighted by Gasteiger charge is 2.20. The van der Waals surface area contributed by atoms with Gasteiger partial charge in [0, 0.05) is 16.6 Å². The maximum Gasteiger partial charge on any atom is 0.251 e. The third-order valence-electron chi connectivity index (χ3n) is 3.95. The van der Waals surface area contributed by atoms with Crippen LogP contribution in [0, 0.1) is 0 Å². The fourth-order valence-corrected chi connectivity index (χ4v) is 3.04. The second-order valence-electron chi connectivity index (χ2n) is 5.81. The summed E-state index contributed by atoms with van der Waals surface area (Å²) in [6.07, 6.45) is 0. The Balaban J connectivity index is 1.72. The fraction of sp³-hybridized carbons (Fsp3) is 0.278. The molecule has 6 heteroatoms. The van der Waals surface area contributed by atoms with Crippen LogP contribution >= 0.6 is 15.9 Å². The van der Waals surface area contributed by atoms with Crippen LogP contribution in [0.15, 0.2) is 46.9 Å². The van der Waals surface area contributed by atoms with Gasteiger partial charge in [0.1, 0.15) is 0 Å². The number of carbonyl (C=O) groups is 1. The summed E-state index contributed by atoms with van der Waals surface area (Å²) in [5, 5.41) is 3.00. The van der Waals surface area contributed by atoms with Crippen LogP contribution in [-0.2, 0) is 0 Å². The van der Waals surface area contributed by atoms with Crippen molar-refractivity contribution in [2.45, 2.75) is 6.04 Å². The second-order valence-corrected chi connectivity index (χ2v) is 6.73. The van der Waals surface area contributed by atoms with Gasteiger partial charge in [0.05, 0.1) is 6.04 Å². The SMILES string of the molecule is CN(C)[C@@H](CNC(=O)c1cccc(Br)c1)c1ccc2c(c1)OCO2. The van der Waals surface area contributed by atoms with Gasteiger partial charge in [-0.25, -0.2) is 0 Å². The molecule has 0 aliphatic carbocycles.